The smallest absolute Gasteiger partial charge is 0.191 e. The molecular weight excluding hydrogens is 337 g/mol. The molecule has 4 nitrogen and oxygen atoms in total. The molecule has 2 atom stereocenters. The number of methoxy groups -OCH3 is 1. The van der Waals surface area contributed by atoms with Gasteiger partial charge in [-0.3, -0.25) is 4.99 Å². The Morgan fingerprint density at radius 3 is 2.68 bits per heavy atom. The number of ether oxygens (including phenoxy) is 1. The highest BCUT2D eigenvalue weighted by Gasteiger charge is 2.12. The van der Waals surface area contributed by atoms with Crippen LogP contribution in [0.25, 0.3) is 0 Å². The van der Waals surface area contributed by atoms with Gasteiger partial charge >= 0.3 is 0 Å². The van der Waals surface area contributed by atoms with E-state index in [2.05, 4.69) is 39.4 Å². The van der Waals surface area contributed by atoms with Crippen molar-refractivity contribution in [2.75, 3.05) is 20.2 Å². The summed E-state index contributed by atoms with van der Waals surface area (Å²) in [5.74, 6) is 0.978. The van der Waals surface area contributed by atoms with Crippen LogP contribution in [0.1, 0.15) is 43.9 Å². The summed E-state index contributed by atoms with van der Waals surface area (Å²) in [4.78, 5) is 4.67. The molecule has 0 saturated heterocycles. The van der Waals surface area contributed by atoms with Crippen LogP contribution >= 0.6 is 11.3 Å². The standard InChI is InChI=1S/C19H26FN3OS/c1-5-21-19(22-11-13(2)16-8-9-25-12-16)23-14(3)15-6-7-18(24-4)17(20)10-15/h6-10,12-14H,5,11H2,1-4H3,(H2,21,22,23). The van der Waals surface area contributed by atoms with E-state index in [1.807, 2.05) is 19.9 Å². The molecule has 0 spiro atoms. The monoisotopic (exact) mass is 363 g/mol. The molecule has 2 N–H and O–H groups in total. The zero-order valence-corrected chi connectivity index (χ0v) is 16.0. The van der Waals surface area contributed by atoms with E-state index in [4.69, 9.17) is 4.74 Å². The molecule has 0 amide bonds. The van der Waals surface area contributed by atoms with Gasteiger partial charge in [0.05, 0.1) is 13.2 Å². The Labute approximate surface area is 153 Å². The largest absolute Gasteiger partial charge is 0.494 e. The fraction of sp³-hybridized carbons (Fsp3) is 0.421. The van der Waals surface area contributed by atoms with Crippen molar-refractivity contribution in [2.45, 2.75) is 32.7 Å². The number of hydrogen-bond acceptors (Lipinski definition) is 3. The second-order valence-corrected chi connectivity index (χ2v) is 6.72. The number of guanidine groups is 1. The number of benzene rings is 1. The lowest BCUT2D eigenvalue weighted by molar-refractivity contribution is 0.386. The predicted octanol–water partition coefficient (Wildman–Crippen LogP) is 4.32. The van der Waals surface area contributed by atoms with E-state index in [0.29, 0.717) is 12.5 Å². The lowest BCUT2D eigenvalue weighted by Crippen LogP contribution is -2.39. The molecule has 0 radical (unpaired) electrons. The maximum absolute atomic E-state index is 13.9. The Bertz CT molecular complexity index is 688. The van der Waals surface area contributed by atoms with E-state index in [9.17, 15) is 4.39 Å². The van der Waals surface area contributed by atoms with Crippen LogP contribution in [0.4, 0.5) is 4.39 Å². The molecule has 0 aliphatic heterocycles. The summed E-state index contributed by atoms with van der Waals surface area (Å²) in [5.41, 5.74) is 2.14. The first-order chi connectivity index (χ1) is 12.0. The molecule has 25 heavy (non-hydrogen) atoms. The van der Waals surface area contributed by atoms with Crippen LogP contribution in [0.15, 0.2) is 40.0 Å². The number of thiophene rings is 1. The average molecular weight is 364 g/mol. The van der Waals surface area contributed by atoms with Crippen LogP contribution < -0.4 is 15.4 Å². The maximum atomic E-state index is 13.9. The molecule has 0 aliphatic carbocycles. The van der Waals surface area contributed by atoms with Gasteiger partial charge < -0.3 is 15.4 Å². The van der Waals surface area contributed by atoms with Crippen LogP contribution in [0.3, 0.4) is 0 Å². The topological polar surface area (TPSA) is 45.7 Å². The van der Waals surface area contributed by atoms with Crippen LogP contribution in [0, 0.1) is 5.82 Å². The van der Waals surface area contributed by atoms with Crippen LogP contribution in [-0.2, 0) is 0 Å². The molecule has 2 rings (SSSR count). The minimum absolute atomic E-state index is 0.0744. The minimum Gasteiger partial charge on any atom is -0.494 e. The van der Waals surface area contributed by atoms with Crippen molar-refractivity contribution in [3.63, 3.8) is 0 Å². The molecular formula is C19H26FN3OS. The molecule has 1 aromatic carbocycles. The number of nitrogens with zero attached hydrogens (tertiary/aromatic N) is 1. The summed E-state index contributed by atoms with van der Waals surface area (Å²) < 4.78 is 18.9. The van der Waals surface area contributed by atoms with Crippen LogP contribution in [0.2, 0.25) is 0 Å². The summed E-state index contributed by atoms with van der Waals surface area (Å²) in [7, 11) is 1.46. The van der Waals surface area contributed by atoms with Crippen molar-refractivity contribution in [1.29, 1.82) is 0 Å². The second-order valence-electron chi connectivity index (χ2n) is 5.94. The van der Waals surface area contributed by atoms with Crippen LogP contribution in [0.5, 0.6) is 5.75 Å². The first kappa shape index (κ1) is 19.2. The highest BCUT2D eigenvalue weighted by Crippen LogP contribution is 2.22. The van der Waals surface area contributed by atoms with E-state index in [0.717, 1.165) is 18.1 Å². The number of hydrogen-bond donors (Lipinski definition) is 2. The van der Waals surface area contributed by atoms with E-state index >= 15 is 0 Å². The van der Waals surface area contributed by atoms with Gasteiger partial charge in [-0.2, -0.15) is 11.3 Å². The van der Waals surface area contributed by atoms with Gasteiger partial charge in [0.2, 0.25) is 0 Å². The Kier molecular flexibility index (Phi) is 7.25. The zero-order chi connectivity index (χ0) is 18.2. The third kappa shape index (κ3) is 5.46. The highest BCUT2D eigenvalue weighted by atomic mass is 32.1. The molecule has 0 saturated carbocycles. The van der Waals surface area contributed by atoms with Gasteiger partial charge in [-0.1, -0.05) is 13.0 Å². The predicted molar refractivity (Wildman–Crippen MR) is 103 cm³/mol. The van der Waals surface area contributed by atoms with Crippen molar-refractivity contribution < 1.29 is 9.13 Å². The molecule has 1 aromatic heterocycles. The Balaban J connectivity index is 2.04. The lowest BCUT2D eigenvalue weighted by Gasteiger charge is -2.19. The number of aliphatic imine (C=N–C) groups is 1. The second kappa shape index (κ2) is 9.42. The van der Waals surface area contributed by atoms with Crippen molar-refractivity contribution in [3.05, 3.63) is 52.0 Å². The van der Waals surface area contributed by atoms with Gasteiger partial charge in [-0.25, -0.2) is 4.39 Å². The first-order valence-electron chi connectivity index (χ1n) is 8.45. The first-order valence-corrected chi connectivity index (χ1v) is 9.39. The third-order valence-electron chi connectivity index (χ3n) is 4.01. The van der Waals surface area contributed by atoms with E-state index in [1.165, 1.54) is 18.7 Å². The lowest BCUT2D eigenvalue weighted by atomic mass is 10.1. The van der Waals surface area contributed by atoms with E-state index in [-0.39, 0.29) is 17.6 Å². The quantitative estimate of drug-likeness (QED) is 0.569. The summed E-state index contributed by atoms with van der Waals surface area (Å²) in [5, 5.41) is 10.8. The Morgan fingerprint density at radius 1 is 1.28 bits per heavy atom. The molecule has 2 aromatic rings. The fourth-order valence-electron chi connectivity index (χ4n) is 2.45. The van der Waals surface area contributed by atoms with Gasteiger partial charge in [0, 0.05) is 19.0 Å². The van der Waals surface area contributed by atoms with E-state index in [1.54, 1.807) is 17.4 Å². The maximum Gasteiger partial charge on any atom is 0.191 e. The molecule has 0 fully saturated rings. The van der Waals surface area contributed by atoms with Crippen molar-refractivity contribution in [1.82, 2.24) is 10.6 Å². The molecule has 1 heterocycles. The molecule has 6 heteroatoms. The van der Waals surface area contributed by atoms with Crippen molar-refractivity contribution in [2.24, 2.45) is 4.99 Å². The van der Waals surface area contributed by atoms with Gasteiger partial charge in [0.1, 0.15) is 0 Å². The normalized spacial score (nSPS) is 14.0. The molecule has 0 bridgehead atoms. The SMILES string of the molecule is CCNC(=NCC(C)c1ccsc1)NC(C)c1ccc(OC)c(F)c1. The highest BCUT2D eigenvalue weighted by molar-refractivity contribution is 7.07. The third-order valence-corrected chi connectivity index (χ3v) is 4.71. The number of rotatable bonds is 7. The van der Waals surface area contributed by atoms with E-state index < -0.39 is 0 Å². The number of halogens is 1. The number of nitrogens with one attached hydrogen (secondary N) is 2. The van der Waals surface area contributed by atoms with Gasteiger partial charge in [0.25, 0.3) is 0 Å². The summed E-state index contributed by atoms with van der Waals surface area (Å²) in [6, 6.07) is 7.06. The average Bonchev–Trinajstić information content (AvgIpc) is 3.14. The van der Waals surface area contributed by atoms with Crippen LogP contribution in [-0.4, -0.2) is 26.2 Å². The van der Waals surface area contributed by atoms with Gasteiger partial charge in [-0.15, -0.1) is 0 Å². The van der Waals surface area contributed by atoms with Crippen molar-refractivity contribution >= 4 is 17.3 Å². The fourth-order valence-corrected chi connectivity index (χ4v) is 3.23. The zero-order valence-electron chi connectivity index (χ0n) is 15.2. The summed E-state index contributed by atoms with van der Waals surface area (Å²) in [6.07, 6.45) is 0. The van der Waals surface area contributed by atoms with Gasteiger partial charge in [0.15, 0.2) is 17.5 Å². The summed E-state index contributed by atoms with van der Waals surface area (Å²) >= 11 is 1.70. The minimum atomic E-state index is -0.360. The Hall–Kier alpha value is -2.08. The summed E-state index contributed by atoms with van der Waals surface area (Å²) in [6.45, 7) is 7.63. The molecule has 136 valence electrons. The molecule has 2 unspecified atom stereocenters. The molecule has 0 aliphatic rings. The van der Waals surface area contributed by atoms with Gasteiger partial charge in [-0.05, 0) is 53.9 Å². The van der Waals surface area contributed by atoms with Crippen molar-refractivity contribution in [3.8, 4) is 5.75 Å². The Morgan fingerprint density at radius 2 is 2.08 bits per heavy atom.